The quantitative estimate of drug-likeness (QED) is 0.720. The van der Waals surface area contributed by atoms with Crippen LogP contribution in [0.4, 0.5) is 11.4 Å². The second-order valence-corrected chi connectivity index (χ2v) is 2.94. The van der Waals surface area contributed by atoms with Gasteiger partial charge in [-0.25, -0.2) is 0 Å². The Kier molecular flexibility index (Phi) is 3.01. The van der Waals surface area contributed by atoms with E-state index in [-0.39, 0.29) is 0 Å². The van der Waals surface area contributed by atoms with Gasteiger partial charge in [0.15, 0.2) is 0 Å². The number of methoxy groups -OCH3 is 1. The van der Waals surface area contributed by atoms with Gasteiger partial charge in [0.05, 0.1) is 18.5 Å². The van der Waals surface area contributed by atoms with E-state index in [1.807, 2.05) is 25.2 Å². The number of anilines is 2. The molecule has 0 aliphatic heterocycles. The number of hydrogen-bond donors (Lipinski definition) is 1. The van der Waals surface area contributed by atoms with Crippen LogP contribution < -0.4 is 15.4 Å². The third-order valence-corrected chi connectivity index (χ3v) is 2.12. The van der Waals surface area contributed by atoms with Crippen molar-refractivity contribution in [1.82, 2.24) is 0 Å². The van der Waals surface area contributed by atoms with Gasteiger partial charge < -0.3 is 15.4 Å². The van der Waals surface area contributed by atoms with E-state index in [9.17, 15) is 0 Å². The first kappa shape index (κ1) is 9.71. The van der Waals surface area contributed by atoms with E-state index >= 15 is 0 Å². The third kappa shape index (κ3) is 2.05. The van der Waals surface area contributed by atoms with Gasteiger partial charge in [0.2, 0.25) is 0 Å². The number of nitrogen functional groups attached to an aromatic ring is 1. The van der Waals surface area contributed by atoms with Gasteiger partial charge in [-0.2, -0.15) is 0 Å². The zero-order chi connectivity index (χ0) is 9.84. The van der Waals surface area contributed by atoms with E-state index in [2.05, 4.69) is 11.8 Å². The van der Waals surface area contributed by atoms with Crippen LogP contribution >= 0.6 is 0 Å². The van der Waals surface area contributed by atoms with E-state index in [4.69, 9.17) is 10.5 Å². The summed E-state index contributed by atoms with van der Waals surface area (Å²) in [6.07, 6.45) is 0. The minimum atomic E-state index is 0.783. The largest absolute Gasteiger partial charge is 0.497 e. The molecule has 0 unspecified atom stereocenters. The molecule has 1 aromatic rings. The Balaban J connectivity index is 3.03. The average molecular weight is 180 g/mol. The number of nitrogens with zero attached hydrogens (tertiary/aromatic N) is 1. The monoisotopic (exact) mass is 180 g/mol. The summed E-state index contributed by atoms with van der Waals surface area (Å²) in [6, 6.07) is 5.67. The van der Waals surface area contributed by atoms with Crippen LogP contribution in [-0.4, -0.2) is 20.7 Å². The molecule has 0 radical (unpaired) electrons. The summed E-state index contributed by atoms with van der Waals surface area (Å²) in [5.74, 6) is 0.838. The van der Waals surface area contributed by atoms with Crippen LogP contribution in [0.1, 0.15) is 6.92 Å². The van der Waals surface area contributed by atoms with Crippen molar-refractivity contribution in [1.29, 1.82) is 0 Å². The van der Waals surface area contributed by atoms with Crippen LogP contribution in [0.3, 0.4) is 0 Å². The summed E-state index contributed by atoms with van der Waals surface area (Å²) in [5, 5.41) is 0. The fourth-order valence-corrected chi connectivity index (χ4v) is 1.15. The lowest BCUT2D eigenvalue weighted by molar-refractivity contribution is 0.415. The van der Waals surface area contributed by atoms with Gasteiger partial charge in [0.1, 0.15) is 5.75 Å². The Morgan fingerprint density at radius 1 is 1.46 bits per heavy atom. The molecule has 1 rings (SSSR count). The van der Waals surface area contributed by atoms with Crippen molar-refractivity contribution in [2.24, 2.45) is 0 Å². The molecule has 3 heteroatoms. The molecule has 0 aromatic heterocycles. The van der Waals surface area contributed by atoms with Crippen LogP contribution in [0.25, 0.3) is 0 Å². The Labute approximate surface area is 79.1 Å². The lowest BCUT2D eigenvalue weighted by atomic mass is 10.2. The van der Waals surface area contributed by atoms with Crippen molar-refractivity contribution in [3.05, 3.63) is 18.2 Å². The number of benzene rings is 1. The van der Waals surface area contributed by atoms with E-state index in [1.54, 1.807) is 7.11 Å². The molecule has 0 aliphatic carbocycles. The van der Waals surface area contributed by atoms with Crippen molar-refractivity contribution in [3.63, 3.8) is 0 Å². The summed E-state index contributed by atoms with van der Waals surface area (Å²) >= 11 is 0. The van der Waals surface area contributed by atoms with E-state index in [0.717, 1.165) is 23.7 Å². The standard InChI is InChI=1S/C10H16N2O/c1-4-12(2)10-7-8(13-3)5-6-9(10)11/h5-7H,4,11H2,1-3H3. The van der Waals surface area contributed by atoms with Gasteiger partial charge in [-0.15, -0.1) is 0 Å². The molecule has 3 nitrogen and oxygen atoms in total. The molecular formula is C10H16N2O. The van der Waals surface area contributed by atoms with Crippen LogP contribution in [0, 0.1) is 0 Å². The topological polar surface area (TPSA) is 38.5 Å². The van der Waals surface area contributed by atoms with Crippen LogP contribution in [0.15, 0.2) is 18.2 Å². The van der Waals surface area contributed by atoms with Crippen LogP contribution in [0.2, 0.25) is 0 Å². The zero-order valence-electron chi connectivity index (χ0n) is 8.37. The normalized spacial score (nSPS) is 9.77. The number of nitrogens with two attached hydrogens (primary N) is 1. The van der Waals surface area contributed by atoms with Gasteiger partial charge in [0.25, 0.3) is 0 Å². The molecule has 1 aromatic carbocycles. The average Bonchev–Trinajstić information content (AvgIpc) is 2.17. The van der Waals surface area contributed by atoms with Gasteiger partial charge in [-0.05, 0) is 19.1 Å². The molecule has 0 amide bonds. The first-order valence-corrected chi connectivity index (χ1v) is 4.33. The molecule has 0 saturated heterocycles. The summed E-state index contributed by atoms with van der Waals surface area (Å²) in [4.78, 5) is 2.08. The fourth-order valence-electron chi connectivity index (χ4n) is 1.15. The molecule has 13 heavy (non-hydrogen) atoms. The Morgan fingerprint density at radius 3 is 2.69 bits per heavy atom. The minimum absolute atomic E-state index is 0.783. The summed E-state index contributed by atoms with van der Waals surface area (Å²) in [7, 11) is 3.66. The number of hydrogen-bond acceptors (Lipinski definition) is 3. The highest BCUT2D eigenvalue weighted by atomic mass is 16.5. The fraction of sp³-hybridized carbons (Fsp3) is 0.400. The molecule has 0 heterocycles. The highest BCUT2D eigenvalue weighted by Gasteiger charge is 2.04. The van der Waals surface area contributed by atoms with Crippen molar-refractivity contribution >= 4 is 11.4 Å². The summed E-state index contributed by atoms with van der Waals surface area (Å²) < 4.78 is 5.12. The summed E-state index contributed by atoms with van der Waals surface area (Å²) in [5.41, 5.74) is 7.62. The highest BCUT2D eigenvalue weighted by molar-refractivity contribution is 5.69. The Hall–Kier alpha value is -1.38. The molecule has 0 saturated carbocycles. The van der Waals surface area contributed by atoms with E-state index < -0.39 is 0 Å². The molecular weight excluding hydrogens is 164 g/mol. The van der Waals surface area contributed by atoms with Gasteiger partial charge >= 0.3 is 0 Å². The second-order valence-electron chi connectivity index (χ2n) is 2.94. The van der Waals surface area contributed by atoms with Gasteiger partial charge in [-0.3, -0.25) is 0 Å². The van der Waals surface area contributed by atoms with Gasteiger partial charge in [0, 0.05) is 19.7 Å². The molecule has 0 aliphatic rings. The number of rotatable bonds is 3. The molecule has 2 N–H and O–H groups in total. The van der Waals surface area contributed by atoms with E-state index in [1.165, 1.54) is 0 Å². The SMILES string of the molecule is CCN(C)c1cc(OC)ccc1N. The first-order valence-electron chi connectivity index (χ1n) is 4.33. The maximum absolute atomic E-state index is 5.82. The van der Waals surface area contributed by atoms with Crippen LogP contribution in [-0.2, 0) is 0 Å². The predicted octanol–water partition coefficient (Wildman–Crippen LogP) is 1.73. The molecule has 0 spiro atoms. The zero-order valence-corrected chi connectivity index (χ0v) is 8.37. The molecule has 0 fully saturated rings. The molecule has 0 atom stereocenters. The Morgan fingerprint density at radius 2 is 2.15 bits per heavy atom. The van der Waals surface area contributed by atoms with Crippen molar-refractivity contribution < 1.29 is 4.74 Å². The third-order valence-electron chi connectivity index (χ3n) is 2.12. The maximum atomic E-state index is 5.82. The lowest BCUT2D eigenvalue weighted by Gasteiger charge is -2.19. The summed E-state index contributed by atoms with van der Waals surface area (Å²) in [6.45, 7) is 3.01. The molecule has 0 bridgehead atoms. The minimum Gasteiger partial charge on any atom is -0.497 e. The molecule has 72 valence electrons. The van der Waals surface area contributed by atoms with Crippen molar-refractivity contribution in [2.75, 3.05) is 31.3 Å². The lowest BCUT2D eigenvalue weighted by Crippen LogP contribution is -2.17. The maximum Gasteiger partial charge on any atom is 0.121 e. The predicted molar refractivity (Wildman–Crippen MR) is 56.4 cm³/mol. The van der Waals surface area contributed by atoms with Crippen molar-refractivity contribution in [3.8, 4) is 5.75 Å². The highest BCUT2D eigenvalue weighted by Crippen LogP contribution is 2.26. The van der Waals surface area contributed by atoms with Crippen molar-refractivity contribution in [2.45, 2.75) is 6.92 Å². The van der Waals surface area contributed by atoms with Crippen LogP contribution in [0.5, 0.6) is 5.75 Å². The van der Waals surface area contributed by atoms with E-state index in [0.29, 0.717) is 0 Å². The second kappa shape index (κ2) is 4.03. The Bertz CT molecular complexity index is 286. The smallest absolute Gasteiger partial charge is 0.121 e. The first-order chi connectivity index (χ1) is 6.19. The van der Waals surface area contributed by atoms with Gasteiger partial charge in [-0.1, -0.05) is 0 Å². The number of ether oxygens (including phenoxy) is 1.